The van der Waals surface area contributed by atoms with E-state index >= 15 is 0 Å². The second-order valence-electron chi connectivity index (χ2n) is 5.07. The van der Waals surface area contributed by atoms with Crippen LogP contribution in [0.5, 0.6) is 0 Å². The summed E-state index contributed by atoms with van der Waals surface area (Å²) in [5.41, 5.74) is 6.93. The van der Waals surface area contributed by atoms with E-state index in [9.17, 15) is 4.39 Å². The summed E-state index contributed by atoms with van der Waals surface area (Å²) < 4.78 is 13.4. The molecule has 0 saturated heterocycles. The van der Waals surface area contributed by atoms with Crippen molar-refractivity contribution in [3.63, 3.8) is 0 Å². The van der Waals surface area contributed by atoms with Gasteiger partial charge < -0.3 is 16.0 Å². The first-order chi connectivity index (χ1) is 9.47. The Morgan fingerprint density at radius 2 is 2.00 bits per heavy atom. The highest BCUT2D eigenvalue weighted by Gasteiger charge is 2.09. The second-order valence-corrected chi connectivity index (χ2v) is 5.48. The van der Waals surface area contributed by atoms with Crippen molar-refractivity contribution in [1.82, 2.24) is 4.90 Å². The molecule has 1 unspecified atom stereocenters. The maximum Gasteiger partial charge on any atom is 0.143 e. The zero-order chi connectivity index (χ0) is 15.1. The van der Waals surface area contributed by atoms with E-state index in [4.69, 9.17) is 17.3 Å². The van der Waals surface area contributed by atoms with Crippen molar-refractivity contribution in [3.8, 4) is 0 Å². The van der Waals surface area contributed by atoms with Crippen LogP contribution in [0.2, 0.25) is 5.02 Å². The molecule has 0 amide bonds. The Bertz CT molecular complexity index is 422. The first kappa shape index (κ1) is 17.1. The van der Waals surface area contributed by atoms with Crippen LogP contribution < -0.4 is 11.1 Å². The lowest BCUT2D eigenvalue weighted by atomic mass is 10.1. The molecule has 0 saturated carbocycles. The number of hydrogen-bond donors (Lipinski definition) is 2. The summed E-state index contributed by atoms with van der Waals surface area (Å²) in [6.07, 6.45) is 2.12. The topological polar surface area (TPSA) is 41.3 Å². The van der Waals surface area contributed by atoms with E-state index in [-0.39, 0.29) is 11.1 Å². The quantitative estimate of drug-likeness (QED) is 0.714. The molecular weight excluding hydrogens is 277 g/mol. The third-order valence-electron chi connectivity index (χ3n) is 3.50. The average Bonchev–Trinajstić information content (AvgIpc) is 2.41. The molecular formula is C15H25ClFN3. The van der Waals surface area contributed by atoms with Crippen LogP contribution in [-0.4, -0.2) is 30.6 Å². The largest absolute Gasteiger partial charge is 0.397 e. The summed E-state index contributed by atoms with van der Waals surface area (Å²) in [6.45, 7) is 9.66. The van der Waals surface area contributed by atoms with Gasteiger partial charge in [0.25, 0.3) is 0 Å². The van der Waals surface area contributed by atoms with Gasteiger partial charge >= 0.3 is 0 Å². The molecule has 0 fully saturated rings. The van der Waals surface area contributed by atoms with Crippen molar-refractivity contribution < 1.29 is 4.39 Å². The highest BCUT2D eigenvalue weighted by atomic mass is 35.5. The van der Waals surface area contributed by atoms with E-state index in [1.807, 2.05) is 0 Å². The summed E-state index contributed by atoms with van der Waals surface area (Å²) in [4.78, 5) is 2.39. The van der Waals surface area contributed by atoms with Crippen LogP contribution in [0.4, 0.5) is 15.8 Å². The molecule has 20 heavy (non-hydrogen) atoms. The molecule has 114 valence electrons. The van der Waals surface area contributed by atoms with Crippen molar-refractivity contribution in [2.45, 2.75) is 39.7 Å². The van der Waals surface area contributed by atoms with E-state index in [1.54, 1.807) is 0 Å². The number of nitrogen functional groups attached to an aromatic ring is 1. The maximum atomic E-state index is 13.4. The molecule has 0 heterocycles. The van der Waals surface area contributed by atoms with Crippen LogP contribution in [0.3, 0.4) is 0 Å². The number of rotatable bonds is 8. The number of nitrogens with zero attached hydrogens (tertiary/aromatic N) is 1. The molecule has 1 atom stereocenters. The van der Waals surface area contributed by atoms with Gasteiger partial charge in [0.1, 0.15) is 5.82 Å². The smallest absolute Gasteiger partial charge is 0.143 e. The maximum absolute atomic E-state index is 13.4. The van der Waals surface area contributed by atoms with Gasteiger partial charge in [-0.3, -0.25) is 0 Å². The molecule has 0 bridgehead atoms. The van der Waals surface area contributed by atoms with Crippen molar-refractivity contribution >= 4 is 23.0 Å². The number of hydrogen-bond acceptors (Lipinski definition) is 3. The number of nitrogens with two attached hydrogens (primary N) is 1. The zero-order valence-corrected chi connectivity index (χ0v) is 13.3. The Balaban J connectivity index is 2.46. The van der Waals surface area contributed by atoms with E-state index in [2.05, 4.69) is 31.0 Å². The Kier molecular flexibility index (Phi) is 7.10. The van der Waals surface area contributed by atoms with Crippen molar-refractivity contribution in [2.24, 2.45) is 0 Å². The molecule has 0 aliphatic carbocycles. The summed E-state index contributed by atoms with van der Waals surface area (Å²) in [6, 6.07) is 3.05. The Morgan fingerprint density at radius 3 is 2.60 bits per heavy atom. The number of anilines is 2. The van der Waals surface area contributed by atoms with Crippen LogP contribution in [0.25, 0.3) is 0 Å². The molecule has 0 radical (unpaired) electrons. The average molecular weight is 302 g/mol. The molecule has 1 aromatic carbocycles. The summed E-state index contributed by atoms with van der Waals surface area (Å²) in [7, 11) is 0. The summed E-state index contributed by atoms with van der Waals surface area (Å²) >= 11 is 5.68. The lowest BCUT2D eigenvalue weighted by molar-refractivity contribution is 0.295. The third kappa shape index (κ3) is 5.17. The van der Waals surface area contributed by atoms with E-state index in [0.717, 1.165) is 32.5 Å². The van der Waals surface area contributed by atoms with Gasteiger partial charge in [-0.05, 0) is 45.5 Å². The van der Waals surface area contributed by atoms with Gasteiger partial charge in [-0.15, -0.1) is 0 Å². The monoisotopic (exact) mass is 301 g/mol. The zero-order valence-electron chi connectivity index (χ0n) is 12.5. The molecule has 1 rings (SSSR count). The van der Waals surface area contributed by atoms with Gasteiger partial charge in [0, 0.05) is 12.1 Å². The molecule has 0 aromatic heterocycles. The van der Waals surface area contributed by atoms with Gasteiger partial charge in [0.15, 0.2) is 0 Å². The second kappa shape index (κ2) is 8.32. The lowest BCUT2D eigenvalue weighted by Gasteiger charge is -2.21. The highest BCUT2D eigenvalue weighted by Crippen LogP contribution is 2.27. The molecule has 3 nitrogen and oxygen atoms in total. The van der Waals surface area contributed by atoms with Crippen LogP contribution in [0, 0.1) is 5.82 Å². The fourth-order valence-electron chi connectivity index (χ4n) is 2.19. The van der Waals surface area contributed by atoms with Crippen LogP contribution in [0.15, 0.2) is 12.1 Å². The van der Waals surface area contributed by atoms with Crippen LogP contribution >= 0.6 is 11.6 Å². The molecule has 3 N–H and O–H groups in total. The third-order valence-corrected chi connectivity index (χ3v) is 3.79. The van der Waals surface area contributed by atoms with E-state index < -0.39 is 5.82 Å². The number of halogens is 2. The Labute approximate surface area is 126 Å². The van der Waals surface area contributed by atoms with Crippen molar-refractivity contribution in [2.75, 3.05) is 30.7 Å². The van der Waals surface area contributed by atoms with Crippen LogP contribution in [-0.2, 0) is 0 Å². The Hall–Kier alpha value is -1.00. The fourth-order valence-corrected chi connectivity index (χ4v) is 2.36. The van der Waals surface area contributed by atoms with Crippen molar-refractivity contribution in [3.05, 3.63) is 23.0 Å². The first-order valence-electron chi connectivity index (χ1n) is 7.21. The molecule has 1 aromatic rings. The molecule has 5 heteroatoms. The normalized spacial score (nSPS) is 12.7. The van der Waals surface area contributed by atoms with Crippen LogP contribution in [0.1, 0.15) is 33.6 Å². The molecule has 0 aliphatic heterocycles. The highest BCUT2D eigenvalue weighted by molar-refractivity contribution is 6.31. The van der Waals surface area contributed by atoms with Gasteiger partial charge in [0.05, 0.1) is 16.4 Å². The standard InChI is InChI=1S/C15H25ClFN3/c1-4-20(5-2)8-6-7-11(3)19-15-10-13(17)12(16)9-14(15)18/h9-11,19H,4-8,18H2,1-3H3. The summed E-state index contributed by atoms with van der Waals surface area (Å²) in [5.74, 6) is -0.446. The minimum atomic E-state index is -0.446. The Morgan fingerprint density at radius 1 is 1.35 bits per heavy atom. The summed E-state index contributed by atoms with van der Waals surface area (Å²) in [5, 5.41) is 3.30. The lowest BCUT2D eigenvalue weighted by Crippen LogP contribution is -2.25. The van der Waals surface area contributed by atoms with Gasteiger partial charge in [-0.25, -0.2) is 4.39 Å². The minimum absolute atomic E-state index is 0.0576. The minimum Gasteiger partial charge on any atom is -0.397 e. The van der Waals surface area contributed by atoms with Crippen molar-refractivity contribution in [1.29, 1.82) is 0 Å². The molecule has 0 spiro atoms. The van der Waals surface area contributed by atoms with E-state index in [0.29, 0.717) is 11.4 Å². The van der Waals surface area contributed by atoms with Gasteiger partial charge in [-0.2, -0.15) is 0 Å². The SMILES string of the molecule is CCN(CC)CCCC(C)Nc1cc(F)c(Cl)cc1N. The number of nitrogens with one attached hydrogen (secondary N) is 1. The predicted octanol–water partition coefficient (Wildman–Crippen LogP) is 3.98. The predicted molar refractivity (Wildman–Crippen MR) is 85.9 cm³/mol. The number of benzene rings is 1. The molecule has 0 aliphatic rings. The van der Waals surface area contributed by atoms with E-state index in [1.165, 1.54) is 12.1 Å². The van der Waals surface area contributed by atoms with Gasteiger partial charge in [0.2, 0.25) is 0 Å². The van der Waals surface area contributed by atoms with Gasteiger partial charge in [-0.1, -0.05) is 25.4 Å². The fraction of sp³-hybridized carbons (Fsp3) is 0.600. The first-order valence-corrected chi connectivity index (χ1v) is 7.59.